The molecule has 5 nitrogen and oxygen atoms in total. The first-order chi connectivity index (χ1) is 11.1. The number of nitrogens with zero attached hydrogens (tertiary/aromatic N) is 3. The molecule has 3 rings (SSSR count). The van der Waals surface area contributed by atoms with E-state index in [1.807, 2.05) is 31.2 Å². The summed E-state index contributed by atoms with van der Waals surface area (Å²) in [5.41, 5.74) is 2.69. The van der Waals surface area contributed by atoms with Crippen LogP contribution in [0.1, 0.15) is 5.56 Å². The van der Waals surface area contributed by atoms with Crippen molar-refractivity contribution in [2.75, 3.05) is 10.6 Å². The maximum absolute atomic E-state index is 6.12. The number of benzene rings is 2. The highest BCUT2D eigenvalue weighted by Crippen LogP contribution is 2.27. The lowest BCUT2D eigenvalue weighted by Gasteiger charge is -2.10. The monoisotopic (exact) mass is 345 g/mol. The predicted molar refractivity (Wildman–Crippen MR) is 94.0 cm³/mol. The predicted octanol–water partition coefficient (Wildman–Crippen LogP) is 4.97. The Labute approximate surface area is 143 Å². The number of aromatic nitrogens is 3. The average Bonchev–Trinajstić information content (AvgIpc) is 2.54. The molecule has 0 aliphatic heterocycles. The normalized spacial score (nSPS) is 10.4. The Bertz CT molecular complexity index is 838. The molecule has 2 N–H and O–H groups in total. The molecule has 1 aromatic heterocycles. The van der Waals surface area contributed by atoms with Crippen LogP contribution in [0, 0.1) is 6.92 Å². The molecule has 0 spiro atoms. The minimum absolute atomic E-state index is 0.327. The van der Waals surface area contributed by atoms with Gasteiger partial charge in [0, 0.05) is 10.7 Å². The van der Waals surface area contributed by atoms with Crippen LogP contribution in [0.5, 0.6) is 0 Å². The molecular weight excluding hydrogens is 333 g/mol. The lowest BCUT2D eigenvalue weighted by molar-refractivity contribution is 0.982. The molecule has 0 saturated heterocycles. The van der Waals surface area contributed by atoms with Crippen LogP contribution < -0.4 is 10.6 Å². The fraction of sp³-hybridized carbons (Fsp3) is 0.0625. The summed E-state index contributed by atoms with van der Waals surface area (Å²) in [5, 5.41) is 15.2. The Morgan fingerprint density at radius 1 is 0.957 bits per heavy atom. The van der Waals surface area contributed by atoms with Gasteiger partial charge < -0.3 is 10.6 Å². The molecule has 0 fully saturated rings. The van der Waals surface area contributed by atoms with Crippen molar-refractivity contribution in [1.29, 1.82) is 0 Å². The van der Waals surface area contributed by atoms with E-state index in [0.29, 0.717) is 27.5 Å². The van der Waals surface area contributed by atoms with Gasteiger partial charge in [-0.15, -0.1) is 5.10 Å². The highest BCUT2D eigenvalue weighted by Gasteiger charge is 2.06. The molecule has 3 aromatic rings. The summed E-state index contributed by atoms with van der Waals surface area (Å²) in [6.07, 6.45) is 1.55. The SMILES string of the molecule is Cc1ccccc1Nc1cnnc(Nc2cc(Cl)ccc2Cl)n1. The Kier molecular flexibility index (Phi) is 4.60. The topological polar surface area (TPSA) is 62.7 Å². The van der Waals surface area contributed by atoms with Crippen molar-refractivity contribution in [3.63, 3.8) is 0 Å². The number of hydrogen-bond donors (Lipinski definition) is 2. The maximum Gasteiger partial charge on any atom is 0.249 e. The summed E-state index contributed by atoms with van der Waals surface area (Å²) < 4.78 is 0. The highest BCUT2D eigenvalue weighted by molar-refractivity contribution is 6.35. The van der Waals surface area contributed by atoms with Crippen LogP contribution in [0.15, 0.2) is 48.7 Å². The molecule has 1 heterocycles. The zero-order valence-corrected chi connectivity index (χ0v) is 13.7. The number of anilines is 4. The van der Waals surface area contributed by atoms with Crippen molar-refractivity contribution in [1.82, 2.24) is 15.2 Å². The maximum atomic E-state index is 6.12. The van der Waals surface area contributed by atoms with Gasteiger partial charge in [0.05, 0.1) is 16.9 Å². The summed E-state index contributed by atoms with van der Waals surface area (Å²) >= 11 is 12.1. The third-order valence-corrected chi connectivity index (χ3v) is 3.71. The molecule has 0 unspecified atom stereocenters. The van der Waals surface area contributed by atoms with Crippen molar-refractivity contribution in [2.24, 2.45) is 0 Å². The number of hydrogen-bond acceptors (Lipinski definition) is 5. The third-order valence-electron chi connectivity index (χ3n) is 3.14. The van der Waals surface area contributed by atoms with Gasteiger partial charge in [0.1, 0.15) is 0 Å². The molecule has 0 saturated carbocycles. The molecule has 0 atom stereocenters. The van der Waals surface area contributed by atoms with E-state index in [9.17, 15) is 0 Å². The van der Waals surface area contributed by atoms with Gasteiger partial charge in [-0.1, -0.05) is 41.4 Å². The molecule has 0 bridgehead atoms. The molecule has 23 heavy (non-hydrogen) atoms. The van der Waals surface area contributed by atoms with Crippen molar-refractivity contribution < 1.29 is 0 Å². The minimum atomic E-state index is 0.327. The van der Waals surface area contributed by atoms with E-state index in [4.69, 9.17) is 23.2 Å². The molecular formula is C16H13Cl2N5. The van der Waals surface area contributed by atoms with E-state index in [-0.39, 0.29) is 0 Å². The van der Waals surface area contributed by atoms with E-state index in [0.717, 1.165) is 11.3 Å². The van der Waals surface area contributed by atoms with Crippen LogP contribution in [-0.2, 0) is 0 Å². The van der Waals surface area contributed by atoms with Gasteiger partial charge in [0.25, 0.3) is 0 Å². The zero-order chi connectivity index (χ0) is 16.2. The molecule has 0 radical (unpaired) electrons. The summed E-state index contributed by atoms with van der Waals surface area (Å²) in [6, 6.07) is 13.0. The van der Waals surface area contributed by atoms with Gasteiger partial charge in [0.15, 0.2) is 5.82 Å². The lowest BCUT2D eigenvalue weighted by atomic mass is 10.2. The van der Waals surface area contributed by atoms with Crippen LogP contribution in [0.2, 0.25) is 10.0 Å². The second kappa shape index (κ2) is 6.81. The molecule has 7 heteroatoms. The number of rotatable bonds is 4. The summed E-state index contributed by atoms with van der Waals surface area (Å²) in [5.74, 6) is 0.905. The lowest BCUT2D eigenvalue weighted by Crippen LogP contribution is -2.03. The average molecular weight is 346 g/mol. The van der Waals surface area contributed by atoms with Crippen LogP contribution in [-0.4, -0.2) is 15.2 Å². The smallest absolute Gasteiger partial charge is 0.249 e. The van der Waals surface area contributed by atoms with Crippen molar-refractivity contribution in [3.05, 3.63) is 64.3 Å². The number of nitrogens with one attached hydrogen (secondary N) is 2. The van der Waals surface area contributed by atoms with E-state index < -0.39 is 0 Å². The summed E-state index contributed by atoms with van der Waals surface area (Å²) in [6.45, 7) is 2.02. The van der Waals surface area contributed by atoms with Crippen molar-refractivity contribution >= 4 is 46.3 Å². The number of para-hydroxylation sites is 1. The van der Waals surface area contributed by atoms with Crippen LogP contribution in [0.4, 0.5) is 23.1 Å². The first kappa shape index (κ1) is 15.5. The fourth-order valence-corrected chi connectivity index (χ4v) is 2.32. The fourth-order valence-electron chi connectivity index (χ4n) is 1.98. The van der Waals surface area contributed by atoms with Crippen LogP contribution >= 0.6 is 23.2 Å². The molecule has 0 aliphatic carbocycles. The van der Waals surface area contributed by atoms with Gasteiger partial charge in [-0.2, -0.15) is 10.1 Å². The second-order valence-electron chi connectivity index (χ2n) is 4.85. The Balaban J connectivity index is 1.83. The highest BCUT2D eigenvalue weighted by atomic mass is 35.5. The van der Waals surface area contributed by atoms with Gasteiger partial charge in [0.2, 0.25) is 5.95 Å². The largest absolute Gasteiger partial charge is 0.339 e. The summed E-state index contributed by atoms with van der Waals surface area (Å²) in [7, 11) is 0. The van der Waals surface area contributed by atoms with E-state index in [1.165, 1.54) is 0 Å². The Morgan fingerprint density at radius 3 is 2.61 bits per heavy atom. The van der Waals surface area contributed by atoms with Crippen LogP contribution in [0.3, 0.4) is 0 Å². The van der Waals surface area contributed by atoms with Crippen molar-refractivity contribution in [3.8, 4) is 0 Å². The summed E-state index contributed by atoms with van der Waals surface area (Å²) in [4.78, 5) is 4.38. The van der Waals surface area contributed by atoms with Gasteiger partial charge in [-0.25, -0.2) is 0 Å². The zero-order valence-electron chi connectivity index (χ0n) is 12.2. The Morgan fingerprint density at radius 2 is 1.78 bits per heavy atom. The minimum Gasteiger partial charge on any atom is -0.339 e. The molecule has 116 valence electrons. The van der Waals surface area contributed by atoms with Crippen LogP contribution in [0.25, 0.3) is 0 Å². The number of halogens is 2. The quantitative estimate of drug-likeness (QED) is 0.698. The first-order valence-corrected chi connectivity index (χ1v) is 7.62. The van der Waals surface area contributed by atoms with E-state index >= 15 is 0 Å². The standard InChI is InChI=1S/C16H13Cl2N5/c1-10-4-2-3-5-13(10)20-15-9-19-23-16(22-15)21-14-8-11(17)6-7-12(14)18/h2-9H,1H3,(H2,20,21,22,23). The molecule has 2 aromatic carbocycles. The molecule has 0 amide bonds. The van der Waals surface area contributed by atoms with Gasteiger partial charge in [-0.05, 0) is 36.8 Å². The van der Waals surface area contributed by atoms with E-state index in [1.54, 1.807) is 24.4 Å². The molecule has 0 aliphatic rings. The Hall–Kier alpha value is -2.37. The second-order valence-corrected chi connectivity index (χ2v) is 5.70. The van der Waals surface area contributed by atoms with Crippen molar-refractivity contribution in [2.45, 2.75) is 6.92 Å². The van der Waals surface area contributed by atoms with Gasteiger partial charge >= 0.3 is 0 Å². The number of aryl methyl sites for hydroxylation is 1. The van der Waals surface area contributed by atoms with E-state index in [2.05, 4.69) is 25.8 Å². The third kappa shape index (κ3) is 3.88. The van der Waals surface area contributed by atoms with Gasteiger partial charge in [-0.3, -0.25) is 0 Å². The first-order valence-electron chi connectivity index (χ1n) is 6.86.